The maximum Gasteiger partial charge on any atom is 0.251 e. The smallest absolute Gasteiger partial charge is 0.251 e. The molecule has 0 saturated carbocycles. The monoisotopic (exact) mass is 254 g/mol. The Bertz CT molecular complexity index is 561. The topological polar surface area (TPSA) is 41.1 Å². The van der Waals surface area contributed by atoms with Crippen molar-refractivity contribution in [3.05, 3.63) is 65.2 Å². The van der Waals surface area contributed by atoms with Gasteiger partial charge in [0.25, 0.3) is 5.91 Å². The van der Waals surface area contributed by atoms with Gasteiger partial charge in [-0.05, 0) is 36.2 Å². The highest BCUT2D eigenvalue weighted by Crippen LogP contribution is 2.14. The summed E-state index contributed by atoms with van der Waals surface area (Å²) in [6, 6.07) is 15.8. The van der Waals surface area contributed by atoms with Gasteiger partial charge in [-0.2, -0.15) is 0 Å². The standard InChI is InChI=1S/C16H18N2O/c1-12-5-3-4-6-15(12)18-11-13-7-9-14(10-8-13)16(19)17-2/h3-10,18H,11H2,1-2H3,(H,17,19). The molecule has 2 aromatic rings. The highest BCUT2D eigenvalue weighted by Gasteiger charge is 2.02. The first-order chi connectivity index (χ1) is 9.20. The average molecular weight is 254 g/mol. The van der Waals surface area contributed by atoms with Crippen molar-refractivity contribution in [3.8, 4) is 0 Å². The Hall–Kier alpha value is -2.29. The second-order valence-electron chi connectivity index (χ2n) is 4.44. The Labute approximate surface area is 113 Å². The fourth-order valence-corrected chi connectivity index (χ4v) is 1.89. The predicted molar refractivity (Wildman–Crippen MR) is 78.3 cm³/mol. The van der Waals surface area contributed by atoms with Gasteiger partial charge < -0.3 is 10.6 Å². The van der Waals surface area contributed by atoms with Gasteiger partial charge in [0.15, 0.2) is 0 Å². The van der Waals surface area contributed by atoms with E-state index in [9.17, 15) is 4.79 Å². The van der Waals surface area contributed by atoms with E-state index in [0.29, 0.717) is 5.56 Å². The highest BCUT2D eigenvalue weighted by atomic mass is 16.1. The van der Waals surface area contributed by atoms with Crippen LogP contribution in [0.5, 0.6) is 0 Å². The van der Waals surface area contributed by atoms with E-state index in [2.05, 4.69) is 29.7 Å². The predicted octanol–water partition coefficient (Wildman–Crippen LogP) is 2.97. The van der Waals surface area contributed by atoms with Crippen LogP contribution >= 0.6 is 0 Å². The maximum absolute atomic E-state index is 11.4. The number of rotatable bonds is 4. The fourth-order valence-electron chi connectivity index (χ4n) is 1.89. The summed E-state index contributed by atoms with van der Waals surface area (Å²) >= 11 is 0. The number of hydrogen-bond donors (Lipinski definition) is 2. The van der Waals surface area contributed by atoms with Gasteiger partial charge in [0, 0.05) is 24.8 Å². The Balaban J connectivity index is 2.01. The second-order valence-corrected chi connectivity index (χ2v) is 4.44. The number of carbonyl (C=O) groups is 1. The van der Waals surface area contributed by atoms with E-state index in [1.807, 2.05) is 36.4 Å². The Morgan fingerprint density at radius 2 is 1.74 bits per heavy atom. The van der Waals surface area contributed by atoms with E-state index >= 15 is 0 Å². The molecule has 3 heteroatoms. The van der Waals surface area contributed by atoms with Crippen LogP contribution in [-0.2, 0) is 6.54 Å². The minimum atomic E-state index is -0.0570. The lowest BCUT2D eigenvalue weighted by molar-refractivity contribution is 0.0963. The number of para-hydroxylation sites is 1. The second kappa shape index (κ2) is 6.05. The summed E-state index contributed by atoms with van der Waals surface area (Å²) in [7, 11) is 1.63. The van der Waals surface area contributed by atoms with Crippen molar-refractivity contribution in [2.45, 2.75) is 13.5 Å². The van der Waals surface area contributed by atoms with Crippen molar-refractivity contribution in [1.29, 1.82) is 0 Å². The molecule has 0 spiro atoms. The number of anilines is 1. The lowest BCUT2D eigenvalue weighted by atomic mass is 10.1. The van der Waals surface area contributed by atoms with Gasteiger partial charge in [-0.1, -0.05) is 30.3 Å². The summed E-state index contributed by atoms with van der Waals surface area (Å²) in [5, 5.41) is 6.00. The van der Waals surface area contributed by atoms with E-state index in [4.69, 9.17) is 0 Å². The summed E-state index contributed by atoms with van der Waals surface area (Å²) < 4.78 is 0. The van der Waals surface area contributed by atoms with Crippen LogP contribution in [0.25, 0.3) is 0 Å². The third-order valence-corrected chi connectivity index (χ3v) is 3.07. The molecule has 2 rings (SSSR count). The molecule has 0 radical (unpaired) electrons. The van der Waals surface area contributed by atoms with Crippen molar-refractivity contribution < 1.29 is 4.79 Å². The van der Waals surface area contributed by atoms with Crippen molar-refractivity contribution in [2.24, 2.45) is 0 Å². The van der Waals surface area contributed by atoms with E-state index in [1.165, 1.54) is 5.56 Å². The molecule has 0 atom stereocenters. The van der Waals surface area contributed by atoms with Crippen LogP contribution in [0, 0.1) is 6.92 Å². The number of carbonyl (C=O) groups excluding carboxylic acids is 1. The first-order valence-electron chi connectivity index (χ1n) is 6.31. The molecule has 0 heterocycles. The maximum atomic E-state index is 11.4. The zero-order chi connectivity index (χ0) is 13.7. The van der Waals surface area contributed by atoms with Crippen molar-refractivity contribution in [3.63, 3.8) is 0 Å². The molecule has 0 aliphatic rings. The molecule has 0 aromatic heterocycles. The van der Waals surface area contributed by atoms with Crippen LogP contribution in [-0.4, -0.2) is 13.0 Å². The summed E-state index contributed by atoms with van der Waals surface area (Å²) in [5.41, 5.74) is 4.19. The minimum absolute atomic E-state index is 0.0570. The van der Waals surface area contributed by atoms with E-state index in [1.54, 1.807) is 7.05 Å². The van der Waals surface area contributed by atoms with E-state index in [0.717, 1.165) is 17.8 Å². The zero-order valence-corrected chi connectivity index (χ0v) is 11.2. The summed E-state index contributed by atoms with van der Waals surface area (Å²) in [4.78, 5) is 11.4. The molecule has 19 heavy (non-hydrogen) atoms. The first kappa shape index (κ1) is 13.1. The molecule has 1 amide bonds. The van der Waals surface area contributed by atoms with Gasteiger partial charge in [0.2, 0.25) is 0 Å². The number of aryl methyl sites for hydroxylation is 1. The average Bonchev–Trinajstić information content (AvgIpc) is 2.46. The van der Waals surface area contributed by atoms with Crippen LogP contribution in [0.3, 0.4) is 0 Å². The molecule has 0 aliphatic heterocycles. The quantitative estimate of drug-likeness (QED) is 0.880. The van der Waals surface area contributed by atoms with Crippen molar-refractivity contribution >= 4 is 11.6 Å². The molecule has 98 valence electrons. The summed E-state index contributed by atoms with van der Waals surface area (Å²) in [6.45, 7) is 2.83. The Morgan fingerprint density at radius 1 is 1.05 bits per heavy atom. The van der Waals surface area contributed by atoms with E-state index in [-0.39, 0.29) is 5.91 Å². The van der Waals surface area contributed by atoms with Crippen LogP contribution in [0.4, 0.5) is 5.69 Å². The normalized spacial score (nSPS) is 10.0. The molecule has 3 nitrogen and oxygen atoms in total. The molecule has 0 bridgehead atoms. The van der Waals surface area contributed by atoms with Crippen LogP contribution in [0.15, 0.2) is 48.5 Å². The van der Waals surface area contributed by atoms with E-state index < -0.39 is 0 Å². The van der Waals surface area contributed by atoms with Gasteiger partial charge >= 0.3 is 0 Å². The third kappa shape index (κ3) is 3.35. The molecule has 2 aromatic carbocycles. The zero-order valence-electron chi connectivity index (χ0n) is 11.2. The largest absolute Gasteiger partial charge is 0.381 e. The molecule has 0 saturated heterocycles. The minimum Gasteiger partial charge on any atom is -0.381 e. The number of amides is 1. The van der Waals surface area contributed by atoms with Crippen molar-refractivity contribution in [1.82, 2.24) is 5.32 Å². The molecular weight excluding hydrogens is 236 g/mol. The lowest BCUT2D eigenvalue weighted by Crippen LogP contribution is -2.17. The number of benzene rings is 2. The van der Waals surface area contributed by atoms with Crippen molar-refractivity contribution in [2.75, 3.05) is 12.4 Å². The third-order valence-electron chi connectivity index (χ3n) is 3.07. The molecular formula is C16H18N2O. The summed E-state index contributed by atoms with van der Waals surface area (Å²) in [6.07, 6.45) is 0. The first-order valence-corrected chi connectivity index (χ1v) is 6.31. The van der Waals surface area contributed by atoms with Gasteiger partial charge in [0.1, 0.15) is 0 Å². The highest BCUT2D eigenvalue weighted by molar-refractivity contribution is 5.93. The summed E-state index contributed by atoms with van der Waals surface area (Å²) in [5.74, 6) is -0.0570. The molecule has 0 unspecified atom stereocenters. The van der Waals surface area contributed by atoms with Crippen LogP contribution in [0.1, 0.15) is 21.5 Å². The molecule has 0 aliphatic carbocycles. The fraction of sp³-hybridized carbons (Fsp3) is 0.188. The molecule has 0 fully saturated rings. The SMILES string of the molecule is CNC(=O)c1ccc(CNc2ccccc2C)cc1. The van der Waals surface area contributed by atoms with Crippen LogP contribution in [0.2, 0.25) is 0 Å². The molecule has 2 N–H and O–H groups in total. The van der Waals surface area contributed by atoms with Gasteiger partial charge in [-0.25, -0.2) is 0 Å². The Morgan fingerprint density at radius 3 is 2.37 bits per heavy atom. The van der Waals surface area contributed by atoms with Gasteiger partial charge in [-0.15, -0.1) is 0 Å². The van der Waals surface area contributed by atoms with Gasteiger partial charge in [-0.3, -0.25) is 4.79 Å². The lowest BCUT2D eigenvalue weighted by Gasteiger charge is -2.09. The Kier molecular flexibility index (Phi) is 4.18. The number of hydrogen-bond acceptors (Lipinski definition) is 2. The number of nitrogens with one attached hydrogen (secondary N) is 2. The van der Waals surface area contributed by atoms with Crippen LogP contribution < -0.4 is 10.6 Å². The van der Waals surface area contributed by atoms with Gasteiger partial charge in [0.05, 0.1) is 0 Å².